The number of carbonyl (C=O) groups is 1. The van der Waals surface area contributed by atoms with E-state index in [1.54, 1.807) is 0 Å². The molecule has 5 heteroatoms. The first-order valence-corrected chi connectivity index (χ1v) is 6.30. The number of anilines is 1. The molecular weight excluding hydrogens is 228 g/mol. The molecule has 0 spiro atoms. The van der Waals surface area contributed by atoms with Gasteiger partial charge in [0, 0.05) is 30.9 Å². The molecule has 5 nitrogen and oxygen atoms in total. The molecule has 1 aromatic rings. The number of nitrogens with one attached hydrogen (secondary N) is 2. The zero-order valence-electron chi connectivity index (χ0n) is 11.6. The molecule has 2 N–H and O–H groups in total. The maximum atomic E-state index is 11.5. The van der Waals surface area contributed by atoms with Gasteiger partial charge in [-0.05, 0) is 25.8 Å². The molecule has 0 radical (unpaired) electrons. The standard InChI is InChI=1S/C13H22N4O/c1-9(2)8-15-12(18)5-6-14-13-16-10(3)7-11(4)17-13/h7,9H,5-6,8H2,1-4H3,(H,15,18)(H,14,16,17). The van der Waals surface area contributed by atoms with Crippen molar-refractivity contribution in [3.63, 3.8) is 0 Å². The highest BCUT2D eigenvalue weighted by atomic mass is 16.1. The number of hydrogen-bond acceptors (Lipinski definition) is 4. The summed E-state index contributed by atoms with van der Waals surface area (Å²) in [5.74, 6) is 1.12. The minimum absolute atomic E-state index is 0.0561. The van der Waals surface area contributed by atoms with Crippen molar-refractivity contribution < 1.29 is 4.79 Å². The lowest BCUT2D eigenvalue weighted by Crippen LogP contribution is -2.28. The lowest BCUT2D eigenvalue weighted by molar-refractivity contribution is -0.120. The predicted molar refractivity (Wildman–Crippen MR) is 72.5 cm³/mol. The number of amides is 1. The fourth-order valence-electron chi connectivity index (χ4n) is 1.50. The van der Waals surface area contributed by atoms with Crippen molar-refractivity contribution in [3.05, 3.63) is 17.5 Å². The number of nitrogens with zero attached hydrogens (tertiary/aromatic N) is 2. The number of rotatable bonds is 6. The Morgan fingerprint density at radius 1 is 1.28 bits per heavy atom. The third-order valence-corrected chi connectivity index (χ3v) is 2.32. The van der Waals surface area contributed by atoms with E-state index in [4.69, 9.17) is 0 Å². The molecular formula is C13H22N4O. The average Bonchev–Trinajstić information content (AvgIpc) is 2.25. The molecule has 18 heavy (non-hydrogen) atoms. The van der Waals surface area contributed by atoms with Gasteiger partial charge in [-0.15, -0.1) is 0 Å². The van der Waals surface area contributed by atoms with Crippen molar-refractivity contribution >= 4 is 11.9 Å². The summed E-state index contributed by atoms with van der Waals surface area (Å²) < 4.78 is 0. The summed E-state index contributed by atoms with van der Waals surface area (Å²) in [5.41, 5.74) is 1.85. The largest absolute Gasteiger partial charge is 0.356 e. The van der Waals surface area contributed by atoms with Gasteiger partial charge in [0.1, 0.15) is 0 Å². The molecule has 0 aromatic carbocycles. The predicted octanol–water partition coefficient (Wildman–Crippen LogP) is 1.67. The monoisotopic (exact) mass is 250 g/mol. The van der Waals surface area contributed by atoms with Crippen LogP contribution in [0.25, 0.3) is 0 Å². The minimum atomic E-state index is 0.0561. The summed E-state index contributed by atoms with van der Waals surface area (Å²) in [7, 11) is 0. The third kappa shape index (κ3) is 5.61. The molecule has 0 aliphatic rings. The van der Waals surface area contributed by atoms with Crippen molar-refractivity contribution in [2.24, 2.45) is 5.92 Å². The summed E-state index contributed by atoms with van der Waals surface area (Å²) in [5, 5.41) is 5.93. The van der Waals surface area contributed by atoms with Crippen molar-refractivity contribution in [1.29, 1.82) is 0 Å². The number of hydrogen-bond donors (Lipinski definition) is 2. The van der Waals surface area contributed by atoms with Crippen molar-refractivity contribution in [2.75, 3.05) is 18.4 Å². The van der Waals surface area contributed by atoms with Gasteiger partial charge in [0.05, 0.1) is 0 Å². The summed E-state index contributed by atoms with van der Waals surface area (Å²) in [6, 6.07) is 1.92. The second kappa shape index (κ2) is 6.93. The van der Waals surface area contributed by atoms with Gasteiger partial charge in [0.15, 0.2) is 0 Å². The molecule has 0 saturated heterocycles. The zero-order chi connectivity index (χ0) is 13.5. The first kappa shape index (κ1) is 14.4. The summed E-state index contributed by atoms with van der Waals surface area (Å²) >= 11 is 0. The maximum absolute atomic E-state index is 11.5. The Bertz CT molecular complexity index is 384. The average molecular weight is 250 g/mol. The summed E-state index contributed by atoms with van der Waals surface area (Å²) in [4.78, 5) is 20.0. The third-order valence-electron chi connectivity index (χ3n) is 2.32. The van der Waals surface area contributed by atoms with Crippen molar-refractivity contribution in [1.82, 2.24) is 15.3 Å². The van der Waals surface area contributed by atoms with E-state index in [0.717, 1.165) is 17.9 Å². The number of carbonyl (C=O) groups excluding carboxylic acids is 1. The maximum Gasteiger partial charge on any atom is 0.223 e. The van der Waals surface area contributed by atoms with Crippen LogP contribution in [0.1, 0.15) is 31.7 Å². The van der Waals surface area contributed by atoms with Crippen molar-refractivity contribution in [3.8, 4) is 0 Å². The molecule has 1 heterocycles. The second-order valence-corrected chi connectivity index (χ2v) is 4.85. The van der Waals surface area contributed by atoms with Crippen LogP contribution in [0, 0.1) is 19.8 Å². The van der Waals surface area contributed by atoms with Gasteiger partial charge in [-0.3, -0.25) is 4.79 Å². The van der Waals surface area contributed by atoms with E-state index in [-0.39, 0.29) is 5.91 Å². The first-order valence-electron chi connectivity index (χ1n) is 6.30. The highest BCUT2D eigenvalue weighted by Crippen LogP contribution is 2.03. The van der Waals surface area contributed by atoms with E-state index in [9.17, 15) is 4.79 Å². The Balaban J connectivity index is 2.30. The van der Waals surface area contributed by atoms with E-state index in [1.165, 1.54) is 0 Å². The van der Waals surface area contributed by atoms with Crippen molar-refractivity contribution in [2.45, 2.75) is 34.1 Å². The van der Waals surface area contributed by atoms with Crippen LogP contribution >= 0.6 is 0 Å². The second-order valence-electron chi connectivity index (χ2n) is 4.85. The lowest BCUT2D eigenvalue weighted by atomic mass is 10.2. The summed E-state index contributed by atoms with van der Waals surface area (Å²) in [6.07, 6.45) is 0.434. The van der Waals surface area contributed by atoms with Gasteiger partial charge in [-0.2, -0.15) is 0 Å². The van der Waals surface area contributed by atoms with Gasteiger partial charge in [-0.1, -0.05) is 13.8 Å². The van der Waals surface area contributed by atoms with E-state index in [0.29, 0.717) is 24.8 Å². The number of aryl methyl sites for hydroxylation is 2. The Kier molecular flexibility index (Phi) is 5.55. The summed E-state index contributed by atoms with van der Waals surface area (Å²) in [6.45, 7) is 9.26. The highest BCUT2D eigenvalue weighted by molar-refractivity contribution is 5.76. The van der Waals surface area contributed by atoms with Gasteiger partial charge in [-0.25, -0.2) is 9.97 Å². The molecule has 0 aliphatic heterocycles. The van der Waals surface area contributed by atoms with E-state index in [2.05, 4.69) is 34.4 Å². The Morgan fingerprint density at radius 3 is 2.44 bits per heavy atom. The normalized spacial score (nSPS) is 10.5. The molecule has 1 rings (SSSR count). The van der Waals surface area contributed by atoms with Crippen LogP contribution in [0.3, 0.4) is 0 Å². The molecule has 0 aliphatic carbocycles. The SMILES string of the molecule is Cc1cc(C)nc(NCCC(=O)NCC(C)C)n1. The van der Waals surface area contributed by atoms with Gasteiger partial charge in [0.2, 0.25) is 11.9 Å². The van der Waals surface area contributed by atoms with Crippen LogP contribution in [-0.2, 0) is 4.79 Å². The molecule has 1 amide bonds. The van der Waals surface area contributed by atoms with Crippen LogP contribution in [0.4, 0.5) is 5.95 Å². The molecule has 0 saturated carbocycles. The van der Waals surface area contributed by atoms with E-state index >= 15 is 0 Å². The Hall–Kier alpha value is -1.65. The van der Waals surface area contributed by atoms with Crippen LogP contribution in [0.5, 0.6) is 0 Å². The molecule has 1 aromatic heterocycles. The van der Waals surface area contributed by atoms with Crippen LogP contribution in [-0.4, -0.2) is 29.0 Å². The number of aromatic nitrogens is 2. The highest BCUT2D eigenvalue weighted by Gasteiger charge is 2.03. The molecule has 100 valence electrons. The van der Waals surface area contributed by atoms with Gasteiger partial charge >= 0.3 is 0 Å². The van der Waals surface area contributed by atoms with Crippen LogP contribution < -0.4 is 10.6 Å². The fourth-order valence-corrected chi connectivity index (χ4v) is 1.50. The minimum Gasteiger partial charge on any atom is -0.356 e. The van der Waals surface area contributed by atoms with Gasteiger partial charge < -0.3 is 10.6 Å². The molecule has 0 unspecified atom stereocenters. The van der Waals surface area contributed by atoms with E-state index in [1.807, 2.05) is 19.9 Å². The first-order chi connectivity index (χ1) is 8.47. The Morgan fingerprint density at radius 2 is 1.89 bits per heavy atom. The fraction of sp³-hybridized carbons (Fsp3) is 0.615. The molecule has 0 atom stereocenters. The quantitative estimate of drug-likeness (QED) is 0.806. The van der Waals surface area contributed by atoms with E-state index < -0.39 is 0 Å². The van der Waals surface area contributed by atoms with Crippen LogP contribution in [0.15, 0.2) is 6.07 Å². The van der Waals surface area contributed by atoms with Gasteiger partial charge in [0.25, 0.3) is 0 Å². The molecule has 0 fully saturated rings. The van der Waals surface area contributed by atoms with Crippen LogP contribution in [0.2, 0.25) is 0 Å². The smallest absolute Gasteiger partial charge is 0.223 e. The zero-order valence-corrected chi connectivity index (χ0v) is 11.6. The topological polar surface area (TPSA) is 66.9 Å². The lowest BCUT2D eigenvalue weighted by Gasteiger charge is -2.08. The Labute approximate surface area is 108 Å². The molecule has 0 bridgehead atoms.